The topological polar surface area (TPSA) is 71.3 Å². The summed E-state index contributed by atoms with van der Waals surface area (Å²) in [5, 5.41) is 3.80. The third-order valence-corrected chi connectivity index (χ3v) is 4.54. The van der Waals surface area contributed by atoms with Crippen LogP contribution in [0.2, 0.25) is 0 Å². The zero-order valence-electron chi connectivity index (χ0n) is 14.4. The van der Waals surface area contributed by atoms with Gasteiger partial charge in [0.25, 0.3) is 5.91 Å². The molecule has 1 aliphatic heterocycles. The standard InChI is InChI=1S/C19H20N4O2/c1-12-17(13(2)21-19(20-12)23-9-5-6-10-23)22-18(24)16-11-14-7-3-4-8-15(14)25-16/h3-4,7-8,11H,5-6,9-10H2,1-2H3,(H,22,24). The summed E-state index contributed by atoms with van der Waals surface area (Å²) in [5.41, 5.74) is 2.87. The second-order valence-corrected chi connectivity index (χ2v) is 6.37. The van der Waals surface area contributed by atoms with E-state index in [2.05, 4.69) is 20.2 Å². The summed E-state index contributed by atoms with van der Waals surface area (Å²) in [4.78, 5) is 23.9. The van der Waals surface area contributed by atoms with Crippen LogP contribution in [-0.2, 0) is 0 Å². The number of hydrogen-bond acceptors (Lipinski definition) is 5. The summed E-state index contributed by atoms with van der Waals surface area (Å²) >= 11 is 0. The zero-order valence-corrected chi connectivity index (χ0v) is 14.4. The van der Waals surface area contributed by atoms with Crippen molar-refractivity contribution in [2.24, 2.45) is 0 Å². The van der Waals surface area contributed by atoms with Gasteiger partial charge < -0.3 is 14.6 Å². The zero-order chi connectivity index (χ0) is 17.4. The van der Waals surface area contributed by atoms with Crippen LogP contribution in [0, 0.1) is 13.8 Å². The number of fused-ring (bicyclic) bond motifs is 1. The van der Waals surface area contributed by atoms with Crippen molar-refractivity contribution in [3.63, 3.8) is 0 Å². The lowest BCUT2D eigenvalue weighted by Gasteiger charge is -2.18. The quantitative estimate of drug-likeness (QED) is 0.790. The monoisotopic (exact) mass is 336 g/mol. The number of amides is 1. The van der Waals surface area contributed by atoms with Crippen LogP contribution in [0.3, 0.4) is 0 Å². The molecule has 128 valence electrons. The van der Waals surface area contributed by atoms with E-state index in [9.17, 15) is 4.79 Å². The molecule has 6 nitrogen and oxygen atoms in total. The third kappa shape index (κ3) is 2.95. The molecule has 3 heterocycles. The summed E-state index contributed by atoms with van der Waals surface area (Å²) < 4.78 is 5.63. The van der Waals surface area contributed by atoms with Crippen molar-refractivity contribution >= 4 is 28.5 Å². The fourth-order valence-electron chi connectivity index (χ4n) is 3.21. The first-order valence-electron chi connectivity index (χ1n) is 8.52. The Hall–Kier alpha value is -2.89. The molecule has 1 fully saturated rings. The molecule has 0 radical (unpaired) electrons. The fraction of sp³-hybridized carbons (Fsp3) is 0.316. The highest BCUT2D eigenvalue weighted by atomic mass is 16.3. The van der Waals surface area contributed by atoms with Gasteiger partial charge in [0, 0.05) is 18.5 Å². The molecule has 1 saturated heterocycles. The molecule has 0 unspecified atom stereocenters. The Bertz CT molecular complexity index is 885. The maximum Gasteiger partial charge on any atom is 0.291 e. The third-order valence-electron chi connectivity index (χ3n) is 4.54. The molecule has 0 saturated carbocycles. The van der Waals surface area contributed by atoms with E-state index in [-0.39, 0.29) is 11.7 Å². The summed E-state index contributed by atoms with van der Waals surface area (Å²) in [6.07, 6.45) is 2.35. The first kappa shape index (κ1) is 15.6. The maximum absolute atomic E-state index is 12.6. The van der Waals surface area contributed by atoms with Gasteiger partial charge in [-0.3, -0.25) is 4.79 Å². The lowest BCUT2D eigenvalue weighted by Crippen LogP contribution is -2.22. The summed E-state index contributed by atoms with van der Waals surface area (Å²) in [6, 6.07) is 9.30. The van der Waals surface area contributed by atoms with Gasteiger partial charge in [0.15, 0.2) is 5.76 Å². The number of furan rings is 1. The molecule has 1 amide bonds. The molecule has 0 atom stereocenters. The van der Waals surface area contributed by atoms with Gasteiger partial charge in [0.2, 0.25) is 5.95 Å². The molecule has 25 heavy (non-hydrogen) atoms. The van der Waals surface area contributed by atoms with Crippen molar-refractivity contribution in [3.8, 4) is 0 Å². The summed E-state index contributed by atoms with van der Waals surface area (Å²) in [7, 11) is 0. The highest BCUT2D eigenvalue weighted by Gasteiger charge is 2.20. The van der Waals surface area contributed by atoms with E-state index in [4.69, 9.17) is 4.42 Å². The molecule has 0 spiro atoms. The van der Waals surface area contributed by atoms with E-state index in [1.807, 2.05) is 38.1 Å². The molecular weight excluding hydrogens is 316 g/mol. The highest BCUT2D eigenvalue weighted by molar-refractivity contribution is 6.05. The number of aryl methyl sites for hydroxylation is 2. The summed E-state index contributed by atoms with van der Waals surface area (Å²) in [6.45, 7) is 5.76. The normalized spacial score (nSPS) is 14.2. The van der Waals surface area contributed by atoms with Gasteiger partial charge in [-0.15, -0.1) is 0 Å². The van der Waals surface area contributed by atoms with E-state index < -0.39 is 0 Å². The van der Waals surface area contributed by atoms with Crippen molar-refractivity contribution in [1.82, 2.24) is 9.97 Å². The molecule has 2 aromatic heterocycles. The Morgan fingerprint density at radius 3 is 2.48 bits per heavy atom. The number of nitrogens with one attached hydrogen (secondary N) is 1. The van der Waals surface area contributed by atoms with Crippen molar-refractivity contribution < 1.29 is 9.21 Å². The number of rotatable bonds is 3. The van der Waals surface area contributed by atoms with Gasteiger partial charge in [-0.25, -0.2) is 9.97 Å². The molecule has 1 N–H and O–H groups in total. The maximum atomic E-state index is 12.6. The smallest absolute Gasteiger partial charge is 0.291 e. The minimum Gasteiger partial charge on any atom is -0.451 e. The number of hydrogen-bond donors (Lipinski definition) is 1. The van der Waals surface area contributed by atoms with Gasteiger partial charge in [0.05, 0.1) is 17.1 Å². The van der Waals surface area contributed by atoms with Gasteiger partial charge in [-0.2, -0.15) is 0 Å². The average molecular weight is 336 g/mol. The van der Waals surface area contributed by atoms with E-state index >= 15 is 0 Å². The van der Waals surface area contributed by atoms with Gasteiger partial charge in [-0.1, -0.05) is 18.2 Å². The number of para-hydroxylation sites is 1. The van der Waals surface area contributed by atoms with E-state index in [1.165, 1.54) is 12.8 Å². The SMILES string of the molecule is Cc1nc(N2CCCC2)nc(C)c1NC(=O)c1cc2ccccc2o1. The number of carbonyl (C=O) groups excluding carboxylic acids is 1. The van der Waals surface area contributed by atoms with Crippen LogP contribution in [0.15, 0.2) is 34.7 Å². The Morgan fingerprint density at radius 1 is 1.12 bits per heavy atom. The van der Waals surface area contributed by atoms with Crippen LogP contribution in [-0.4, -0.2) is 29.0 Å². The number of nitrogens with zero attached hydrogens (tertiary/aromatic N) is 3. The van der Waals surface area contributed by atoms with Crippen molar-refractivity contribution in [2.75, 3.05) is 23.3 Å². The van der Waals surface area contributed by atoms with E-state index in [0.29, 0.717) is 11.3 Å². The van der Waals surface area contributed by atoms with Crippen LogP contribution < -0.4 is 10.2 Å². The van der Waals surface area contributed by atoms with Crippen molar-refractivity contribution in [2.45, 2.75) is 26.7 Å². The Kier molecular flexibility index (Phi) is 3.87. The Balaban J connectivity index is 1.60. The van der Waals surface area contributed by atoms with Crippen LogP contribution in [0.1, 0.15) is 34.8 Å². The van der Waals surface area contributed by atoms with Crippen LogP contribution in [0.5, 0.6) is 0 Å². The van der Waals surface area contributed by atoms with Crippen molar-refractivity contribution in [1.29, 1.82) is 0 Å². The van der Waals surface area contributed by atoms with Gasteiger partial charge in [0.1, 0.15) is 5.58 Å². The first-order valence-corrected chi connectivity index (χ1v) is 8.52. The molecule has 1 aromatic carbocycles. The Morgan fingerprint density at radius 2 is 1.80 bits per heavy atom. The molecule has 0 bridgehead atoms. The van der Waals surface area contributed by atoms with Crippen molar-refractivity contribution in [3.05, 3.63) is 47.5 Å². The number of benzene rings is 1. The van der Waals surface area contributed by atoms with Crippen LogP contribution in [0.25, 0.3) is 11.0 Å². The second kappa shape index (κ2) is 6.20. The first-order chi connectivity index (χ1) is 12.1. The van der Waals surface area contributed by atoms with Crippen LogP contribution >= 0.6 is 0 Å². The van der Waals surface area contributed by atoms with Gasteiger partial charge in [-0.05, 0) is 38.8 Å². The summed E-state index contributed by atoms with van der Waals surface area (Å²) in [5.74, 6) is 0.734. The van der Waals surface area contributed by atoms with Crippen LogP contribution in [0.4, 0.5) is 11.6 Å². The molecule has 6 heteroatoms. The lowest BCUT2D eigenvalue weighted by molar-refractivity contribution is 0.0998. The molecule has 0 aliphatic carbocycles. The number of anilines is 2. The highest BCUT2D eigenvalue weighted by Crippen LogP contribution is 2.24. The molecule has 1 aliphatic rings. The predicted molar refractivity (Wildman–Crippen MR) is 97.1 cm³/mol. The minimum absolute atomic E-state index is 0.281. The van der Waals surface area contributed by atoms with Gasteiger partial charge >= 0.3 is 0 Å². The number of carbonyl (C=O) groups is 1. The predicted octanol–water partition coefficient (Wildman–Crippen LogP) is 3.69. The molecule has 4 rings (SSSR count). The molecule has 3 aromatic rings. The largest absolute Gasteiger partial charge is 0.451 e. The minimum atomic E-state index is -0.292. The second-order valence-electron chi connectivity index (χ2n) is 6.37. The van der Waals surface area contributed by atoms with E-state index in [1.54, 1.807) is 6.07 Å². The number of aromatic nitrogens is 2. The Labute approximate surface area is 145 Å². The fourth-order valence-corrected chi connectivity index (χ4v) is 3.21. The van der Waals surface area contributed by atoms with E-state index in [0.717, 1.165) is 35.8 Å². The molecular formula is C19H20N4O2. The average Bonchev–Trinajstić information content (AvgIpc) is 3.26. The lowest BCUT2D eigenvalue weighted by atomic mass is 10.2.